The van der Waals surface area contributed by atoms with Crippen molar-refractivity contribution in [2.24, 2.45) is 10.7 Å². The molecular weight excluding hydrogens is 190 g/mol. The topological polar surface area (TPSA) is 58.7 Å². The maximum Gasteiger partial charge on any atom is 0.349 e. The number of hydrogen-bond acceptors (Lipinski definition) is 2. The molecule has 4 heteroatoms. The highest BCUT2D eigenvalue weighted by Gasteiger charge is 2.26. The zero-order valence-corrected chi connectivity index (χ0v) is 8.55. The fourth-order valence-electron chi connectivity index (χ4n) is 1.76. The molecule has 1 aromatic carbocycles. The van der Waals surface area contributed by atoms with E-state index in [1.54, 1.807) is 4.90 Å². The number of urea groups is 1. The minimum Gasteiger partial charge on any atom is -0.387 e. The average molecular weight is 203 g/mol. The molecule has 0 radical (unpaired) electrons. The number of amidine groups is 1. The quantitative estimate of drug-likeness (QED) is 0.756. The number of carbonyl (C=O) groups is 1. The number of nitrogens with two attached hydrogens (primary N) is 1. The molecular formula is C11H13N3O. The number of anilines is 1. The van der Waals surface area contributed by atoms with Crippen LogP contribution in [0.4, 0.5) is 10.5 Å². The number of rotatable bonds is 1. The van der Waals surface area contributed by atoms with Gasteiger partial charge < -0.3 is 5.73 Å². The maximum absolute atomic E-state index is 11.7. The molecule has 0 fully saturated rings. The van der Waals surface area contributed by atoms with Gasteiger partial charge in [-0.25, -0.2) is 4.79 Å². The van der Waals surface area contributed by atoms with E-state index in [2.05, 4.69) is 4.99 Å². The fraction of sp³-hybridized carbons (Fsp3) is 0.273. The lowest BCUT2D eigenvalue weighted by Crippen LogP contribution is -2.44. The third kappa shape index (κ3) is 1.83. The number of nitrogens with zero attached hydrogens (tertiary/aromatic N) is 2. The largest absolute Gasteiger partial charge is 0.387 e. The van der Waals surface area contributed by atoms with Gasteiger partial charge in [0.25, 0.3) is 0 Å². The number of amides is 2. The summed E-state index contributed by atoms with van der Waals surface area (Å²) in [6.07, 6.45) is 0.626. The maximum atomic E-state index is 11.7. The summed E-state index contributed by atoms with van der Waals surface area (Å²) in [4.78, 5) is 17.1. The second-order valence-electron chi connectivity index (χ2n) is 3.64. The lowest BCUT2D eigenvalue weighted by atomic mass is 10.1. The van der Waals surface area contributed by atoms with Crippen LogP contribution in [0.1, 0.15) is 13.3 Å². The van der Waals surface area contributed by atoms with Crippen molar-refractivity contribution in [3.8, 4) is 0 Å². The van der Waals surface area contributed by atoms with E-state index in [0.717, 1.165) is 5.69 Å². The van der Waals surface area contributed by atoms with Gasteiger partial charge in [-0.3, -0.25) is 4.90 Å². The Morgan fingerprint density at radius 1 is 1.40 bits per heavy atom. The number of aliphatic imine (C=N–C) groups is 1. The van der Waals surface area contributed by atoms with E-state index in [9.17, 15) is 4.79 Å². The molecule has 0 aromatic heterocycles. The van der Waals surface area contributed by atoms with Crippen molar-refractivity contribution in [2.45, 2.75) is 19.4 Å². The Labute approximate surface area is 88.4 Å². The molecule has 2 N–H and O–H groups in total. The molecule has 1 heterocycles. The van der Waals surface area contributed by atoms with Crippen molar-refractivity contribution in [1.82, 2.24) is 0 Å². The summed E-state index contributed by atoms with van der Waals surface area (Å²) in [7, 11) is 0. The van der Waals surface area contributed by atoms with Crippen molar-refractivity contribution in [1.29, 1.82) is 0 Å². The van der Waals surface area contributed by atoms with Gasteiger partial charge in [0.15, 0.2) is 0 Å². The fourth-order valence-corrected chi connectivity index (χ4v) is 1.76. The minimum absolute atomic E-state index is 0.0670. The van der Waals surface area contributed by atoms with Gasteiger partial charge in [0.2, 0.25) is 0 Å². The van der Waals surface area contributed by atoms with Gasteiger partial charge in [-0.05, 0) is 19.1 Å². The molecule has 1 aliphatic heterocycles. The van der Waals surface area contributed by atoms with Crippen molar-refractivity contribution >= 4 is 17.6 Å². The van der Waals surface area contributed by atoms with E-state index in [1.807, 2.05) is 37.3 Å². The predicted octanol–water partition coefficient (Wildman–Crippen LogP) is 1.76. The summed E-state index contributed by atoms with van der Waals surface area (Å²) >= 11 is 0. The van der Waals surface area contributed by atoms with E-state index in [1.165, 1.54) is 0 Å². The number of carbonyl (C=O) groups excluding carboxylic acids is 1. The Balaban J connectivity index is 2.34. The molecule has 0 spiro atoms. The zero-order chi connectivity index (χ0) is 10.8. The van der Waals surface area contributed by atoms with Crippen molar-refractivity contribution in [3.63, 3.8) is 0 Å². The van der Waals surface area contributed by atoms with E-state index in [4.69, 9.17) is 5.73 Å². The summed E-state index contributed by atoms with van der Waals surface area (Å²) in [5.74, 6) is 0.416. The second-order valence-corrected chi connectivity index (χ2v) is 3.64. The first kappa shape index (κ1) is 9.71. The van der Waals surface area contributed by atoms with Gasteiger partial charge in [0.05, 0.1) is 0 Å². The van der Waals surface area contributed by atoms with Crippen LogP contribution in [0.3, 0.4) is 0 Å². The number of benzene rings is 1. The third-order valence-corrected chi connectivity index (χ3v) is 2.43. The molecule has 4 nitrogen and oxygen atoms in total. The van der Waals surface area contributed by atoms with Crippen LogP contribution in [0.5, 0.6) is 0 Å². The molecule has 2 amide bonds. The van der Waals surface area contributed by atoms with Crippen LogP contribution in [0, 0.1) is 0 Å². The Morgan fingerprint density at radius 3 is 2.67 bits per heavy atom. The third-order valence-electron chi connectivity index (χ3n) is 2.43. The highest BCUT2D eigenvalue weighted by Crippen LogP contribution is 2.21. The first-order valence-corrected chi connectivity index (χ1v) is 4.90. The average Bonchev–Trinajstić information content (AvgIpc) is 2.17. The van der Waals surface area contributed by atoms with Crippen LogP contribution >= 0.6 is 0 Å². The van der Waals surface area contributed by atoms with Gasteiger partial charge in [-0.15, -0.1) is 0 Å². The first-order valence-electron chi connectivity index (χ1n) is 4.90. The lowest BCUT2D eigenvalue weighted by Gasteiger charge is -2.30. The normalized spacial score (nSPS) is 21.4. The standard InChI is InChI=1S/C11H13N3O/c1-8-7-10(12)13-11(15)14(8)9-5-3-2-4-6-9/h2-6,8H,7H2,1H3,(H2,12,13,15). The SMILES string of the molecule is CC1CC(N)=NC(=O)N1c1ccccc1. The molecule has 0 aliphatic carbocycles. The van der Waals surface area contributed by atoms with Crippen LogP contribution in [-0.4, -0.2) is 17.9 Å². The van der Waals surface area contributed by atoms with E-state index < -0.39 is 0 Å². The van der Waals surface area contributed by atoms with Crippen molar-refractivity contribution in [2.75, 3.05) is 4.90 Å². The van der Waals surface area contributed by atoms with Crippen LogP contribution in [0.2, 0.25) is 0 Å². The van der Waals surface area contributed by atoms with Gasteiger partial charge in [-0.1, -0.05) is 18.2 Å². The van der Waals surface area contributed by atoms with Crippen LogP contribution < -0.4 is 10.6 Å². The van der Waals surface area contributed by atoms with Crippen LogP contribution in [-0.2, 0) is 0 Å². The zero-order valence-electron chi connectivity index (χ0n) is 8.55. The summed E-state index contributed by atoms with van der Waals surface area (Å²) in [6, 6.07) is 9.29. The van der Waals surface area contributed by atoms with Crippen molar-refractivity contribution < 1.29 is 4.79 Å². The molecule has 0 saturated heterocycles. The second kappa shape index (κ2) is 3.73. The molecule has 15 heavy (non-hydrogen) atoms. The molecule has 1 unspecified atom stereocenters. The molecule has 1 atom stereocenters. The van der Waals surface area contributed by atoms with Crippen molar-refractivity contribution in [3.05, 3.63) is 30.3 Å². The number of para-hydroxylation sites is 1. The molecule has 2 rings (SSSR count). The molecule has 78 valence electrons. The molecule has 0 saturated carbocycles. The lowest BCUT2D eigenvalue weighted by molar-refractivity contribution is 0.251. The molecule has 0 bridgehead atoms. The summed E-state index contributed by atoms with van der Waals surface area (Å²) in [5, 5.41) is 0. The van der Waals surface area contributed by atoms with Gasteiger partial charge in [-0.2, -0.15) is 4.99 Å². The Hall–Kier alpha value is -1.84. The monoisotopic (exact) mass is 203 g/mol. The Bertz CT molecular complexity index is 400. The number of hydrogen-bond donors (Lipinski definition) is 1. The summed E-state index contributed by atoms with van der Waals surface area (Å²) in [5.41, 5.74) is 6.43. The van der Waals surface area contributed by atoms with Crippen LogP contribution in [0.15, 0.2) is 35.3 Å². The van der Waals surface area contributed by atoms with Gasteiger partial charge in [0, 0.05) is 18.2 Å². The Kier molecular flexibility index (Phi) is 2.41. The predicted molar refractivity (Wildman–Crippen MR) is 60.0 cm³/mol. The smallest absolute Gasteiger partial charge is 0.349 e. The summed E-state index contributed by atoms with van der Waals surface area (Å²) in [6.45, 7) is 1.96. The highest BCUT2D eigenvalue weighted by atomic mass is 16.2. The van der Waals surface area contributed by atoms with E-state index >= 15 is 0 Å². The first-order chi connectivity index (χ1) is 7.18. The molecule has 1 aromatic rings. The van der Waals surface area contributed by atoms with E-state index in [0.29, 0.717) is 12.3 Å². The highest BCUT2D eigenvalue weighted by molar-refractivity contribution is 6.04. The minimum atomic E-state index is -0.280. The summed E-state index contributed by atoms with van der Waals surface area (Å²) < 4.78 is 0. The Morgan fingerprint density at radius 2 is 2.07 bits per heavy atom. The van der Waals surface area contributed by atoms with Crippen LogP contribution in [0.25, 0.3) is 0 Å². The van der Waals surface area contributed by atoms with Gasteiger partial charge >= 0.3 is 6.03 Å². The van der Waals surface area contributed by atoms with Gasteiger partial charge in [0.1, 0.15) is 5.84 Å². The molecule has 1 aliphatic rings. The van der Waals surface area contributed by atoms with E-state index in [-0.39, 0.29) is 12.1 Å².